The van der Waals surface area contributed by atoms with E-state index < -0.39 is 23.4 Å². The van der Waals surface area contributed by atoms with E-state index in [1.54, 1.807) is 12.1 Å². The second-order valence-electron chi connectivity index (χ2n) is 10.3. The topological polar surface area (TPSA) is 79.3 Å². The number of hydrogen-bond donors (Lipinski definition) is 1. The highest BCUT2D eigenvalue weighted by atomic mass is 19.4. The molecule has 2 aliphatic heterocycles. The number of amides is 2. The van der Waals surface area contributed by atoms with Crippen LogP contribution in [-0.4, -0.2) is 71.5 Å². The van der Waals surface area contributed by atoms with Crippen molar-refractivity contribution in [3.8, 4) is 11.5 Å². The predicted molar refractivity (Wildman–Crippen MR) is 132 cm³/mol. The molecule has 2 saturated heterocycles. The van der Waals surface area contributed by atoms with Crippen LogP contribution in [0.4, 0.5) is 13.2 Å². The summed E-state index contributed by atoms with van der Waals surface area (Å²) in [5.74, 6) is -0.658. The molecule has 1 N–H and O–H groups in total. The number of carbonyl (C=O) groups excluding carboxylic acids is 2. The largest absolute Gasteiger partial charge is 0.573 e. The summed E-state index contributed by atoms with van der Waals surface area (Å²) in [6.07, 6.45) is -0.599. The summed E-state index contributed by atoms with van der Waals surface area (Å²) >= 11 is 0. The number of alkyl halides is 3. The Balaban J connectivity index is 1.09. The van der Waals surface area contributed by atoms with E-state index in [2.05, 4.69) is 4.74 Å². The molecular weight excluding hydrogens is 501 g/mol. The Labute approximate surface area is 219 Å². The van der Waals surface area contributed by atoms with Gasteiger partial charge in [0, 0.05) is 26.2 Å². The van der Waals surface area contributed by atoms with Gasteiger partial charge < -0.3 is 24.4 Å². The van der Waals surface area contributed by atoms with Gasteiger partial charge in [-0.25, -0.2) is 0 Å². The van der Waals surface area contributed by atoms with Gasteiger partial charge in [0.1, 0.15) is 11.5 Å². The summed E-state index contributed by atoms with van der Waals surface area (Å²) in [4.78, 5) is 29.6. The number of piperidine rings is 2. The third-order valence-electron chi connectivity index (χ3n) is 7.77. The summed E-state index contributed by atoms with van der Waals surface area (Å²) in [6, 6.07) is 12.3. The zero-order valence-electron chi connectivity index (χ0n) is 21.0. The molecule has 2 aromatic carbocycles. The highest BCUT2D eigenvalue weighted by Gasteiger charge is 2.53. The Hall–Kier alpha value is -3.27. The first-order chi connectivity index (χ1) is 18.1. The van der Waals surface area contributed by atoms with Crippen molar-refractivity contribution in [3.63, 3.8) is 0 Å². The molecule has 0 unspecified atom stereocenters. The van der Waals surface area contributed by atoms with Crippen LogP contribution in [0.15, 0.2) is 48.5 Å². The molecule has 7 nitrogen and oxygen atoms in total. The maximum atomic E-state index is 13.3. The average molecular weight is 533 g/mol. The van der Waals surface area contributed by atoms with E-state index in [0.717, 1.165) is 37.3 Å². The zero-order valence-corrected chi connectivity index (χ0v) is 21.0. The average Bonchev–Trinajstić information content (AvgIpc) is 3.71. The summed E-state index contributed by atoms with van der Waals surface area (Å²) in [5.41, 5.74) is 0.374. The van der Waals surface area contributed by atoms with Crippen molar-refractivity contribution in [3.05, 3.63) is 59.7 Å². The Morgan fingerprint density at radius 1 is 0.842 bits per heavy atom. The van der Waals surface area contributed by atoms with Gasteiger partial charge in [0.05, 0.1) is 23.2 Å². The number of nitrogens with zero attached hydrogens (tertiary/aromatic N) is 2. The van der Waals surface area contributed by atoms with Crippen LogP contribution in [0, 0.1) is 0 Å². The normalized spacial score (nSPS) is 20.3. The molecule has 10 heteroatoms. The summed E-state index contributed by atoms with van der Waals surface area (Å²) in [5, 5.41) is 9.56. The van der Waals surface area contributed by atoms with Crippen LogP contribution in [0.2, 0.25) is 0 Å². The Bertz CT molecular complexity index is 1150. The number of aromatic hydroxyl groups is 1. The fourth-order valence-corrected chi connectivity index (χ4v) is 5.52. The number of ether oxygens (including phenoxy) is 2. The van der Waals surface area contributed by atoms with Crippen LogP contribution >= 0.6 is 0 Å². The SMILES string of the molecule is O=C(c1ccccc1OC(F)(F)F)N1CCC(OC2CCN(C(=O)C3(c4ccc(O)cc4)CC3)CC2)CC1. The molecule has 1 saturated carbocycles. The lowest BCUT2D eigenvalue weighted by atomic mass is 9.93. The number of rotatable bonds is 6. The van der Waals surface area contributed by atoms with Gasteiger partial charge in [-0.15, -0.1) is 13.2 Å². The van der Waals surface area contributed by atoms with E-state index in [0.29, 0.717) is 39.0 Å². The maximum absolute atomic E-state index is 13.3. The smallest absolute Gasteiger partial charge is 0.508 e. The first-order valence-electron chi connectivity index (χ1n) is 13.0. The summed E-state index contributed by atoms with van der Waals surface area (Å²) in [7, 11) is 0. The van der Waals surface area contributed by atoms with Gasteiger partial charge in [-0.1, -0.05) is 24.3 Å². The van der Waals surface area contributed by atoms with Crippen molar-refractivity contribution >= 4 is 11.8 Å². The monoisotopic (exact) mass is 532 g/mol. The quantitative estimate of drug-likeness (QED) is 0.587. The molecule has 5 rings (SSSR count). The van der Waals surface area contributed by atoms with E-state index in [-0.39, 0.29) is 29.4 Å². The van der Waals surface area contributed by atoms with Gasteiger partial charge in [-0.2, -0.15) is 0 Å². The number of para-hydroxylation sites is 1. The summed E-state index contributed by atoms with van der Waals surface area (Å²) in [6.45, 7) is 2.01. The van der Waals surface area contributed by atoms with Crippen LogP contribution < -0.4 is 4.74 Å². The van der Waals surface area contributed by atoms with Crippen LogP contribution in [0.25, 0.3) is 0 Å². The van der Waals surface area contributed by atoms with Gasteiger partial charge in [0.25, 0.3) is 5.91 Å². The number of likely N-dealkylation sites (tertiary alicyclic amines) is 2. The molecule has 2 aromatic rings. The van der Waals surface area contributed by atoms with E-state index in [9.17, 15) is 27.9 Å². The Morgan fingerprint density at radius 3 is 1.95 bits per heavy atom. The zero-order chi connectivity index (χ0) is 26.9. The van der Waals surface area contributed by atoms with Crippen molar-refractivity contribution in [2.75, 3.05) is 26.2 Å². The second kappa shape index (κ2) is 10.5. The van der Waals surface area contributed by atoms with Crippen molar-refractivity contribution in [1.29, 1.82) is 0 Å². The molecule has 0 bridgehead atoms. The van der Waals surface area contributed by atoms with Gasteiger partial charge >= 0.3 is 6.36 Å². The fourth-order valence-electron chi connectivity index (χ4n) is 5.52. The minimum absolute atomic E-state index is 0.0241. The van der Waals surface area contributed by atoms with E-state index >= 15 is 0 Å². The first-order valence-corrected chi connectivity index (χ1v) is 13.0. The van der Waals surface area contributed by atoms with Gasteiger partial charge in [0.2, 0.25) is 5.91 Å². The van der Waals surface area contributed by atoms with Gasteiger partial charge in [-0.05, 0) is 68.4 Å². The number of halogens is 3. The van der Waals surface area contributed by atoms with Gasteiger partial charge in [0.15, 0.2) is 0 Å². The highest BCUT2D eigenvalue weighted by molar-refractivity contribution is 5.97. The van der Waals surface area contributed by atoms with E-state index in [4.69, 9.17) is 4.74 Å². The van der Waals surface area contributed by atoms with E-state index in [1.165, 1.54) is 23.1 Å². The van der Waals surface area contributed by atoms with E-state index in [1.807, 2.05) is 17.0 Å². The molecule has 2 amide bonds. The maximum Gasteiger partial charge on any atom is 0.573 e. The lowest BCUT2D eigenvalue weighted by Crippen LogP contribution is -2.47. The predicted octanol–water partition coefficient (Wildman–Crippen LogP) is 4.63. The van der Waals surface area contributed by atoms with Crippen LogP contribution in [0.3, 0.4) is 0 Å². The first kappa shape index (κ1) is 26.3. The van der Waals surface area contributed by atoms with Gasteiger partial charge in [-0.3, -0.25) is 9.59 Å². The molecule has 0 aromatic heterocycles. The minimum Gasteiger partial charge on any atom is -0.508 e. The number of hydrogen-bond acceptors (Lipinski definition) is 5. The lowest BCUT2D eigenvalue weighted by Gasteiger charge is -2.38. The highest BCUT2D eigenvalue weighted by Crippen LogP contribution is 2.50. The van der Waals surface area contributed by atoms with Crippen LogP contribution in [0.5, 0.6) is 11.5 Å². The standard InChI is InChI=1S/C28H31F3N2O5/c29-28(30,31)38-24-4-2-1-3-23(24)25(35)32-15-9-21(10-16-32)37-22-11-17-33(18-12-22)26(36)27(13-14-27)19-5-7-20(34)8-6-19/h1-8,21-22,34H,9-18H2. The molecule has 0 atom stereocenters. The minimum atomic E-state index is -4.87. The molecule has 3 aliphatic rings. The van der Waals surface area contributed by atoms with Crippen molar-refractivity contribution in [1.82, 2.24) is 9.80 Å². The fraction of sp³-hybridized carbons (Fsp3) is 0.500. The molecule has 0 radical (unpaired) electrons. The van der Waals surface area contributed by atoms with Crippen LogP contribution in [0.1, 0.15) is 54.4 Å². The second-order valence-corrected chi connectivity index (χ2v) is 10.3. The molecule has 38 heavy (non-hydrogen) atoms. The third kappa shape index (κ3) is 5.75. The molecular formula is C28H31F3N2O5. The number of carbonyl (C=O) groups is 2. The number of phenolic OH excluding ortho intramolecular Hbond substituents is 1. The lowest BCUT2D eigenvalue weighted by molar-refractivity contribution is -0.274. The van der Waals surface area contributed by atoms with Crippen LogP contribution in [-0.2, 0) is 14.9 Å². The van der Waals surface area contributed by atoms with Crippen molar-refractivity contribution in [2.45, 2.75) is 62.5 Å². The number of phenols is 1. The Morgan fingerprint density at radius 2 is 1.39 bits per heavy atom. The Kier molecular flexibility index (Phi) is 7.26. The van der Waals surface area contributed by atoms with Crippen molar-refractivity contribution in [2.24, 2.45) is 0 Å². The molecule has 0 spiro atoms. The molecule has 3 fully saturated rings. The molecule has 204 valence electrons. The summed E-state index contributed by atoms with van der Waals surface area (Å²) < 4.78 is 48.5. The third-order valence-corrected chi connectivity index (χ3v) is 7.77. The molecule has 2 heterocycles. The number of benzene rings is 2. The molecule has 1 aliphatic carbocycles. The van der Waals surface area contributed by atoms with Crippen molar-refractivity contribution < 1.29 is 37.3 Å².